The highest BCUT2D eigenvalue weighted by Crippen LogP contribution is 2.19. The number of piperidine rings is 1. The van der Waals surface area contributed by atoms with E-state index in [0.29, 0.717) is 18.4 Å². The van der Waals surface area contributed by atoms with Crippen LogP contribution in [0.5, 0.6) is 0 Å². The van der Waals surface area contributed by atoms with Gasteiger partial charge in [-0.15, -0.1) is 0 Å². The average Bonchev–Trinajstić information content (AvgIpc) is 2.21. The Labute approximate surface area is 86.6 Å². The maximum atomic E-state index is 8.44. The van der Waals surface area contributed by atoms with Crippen molar-refractivity contribution in [3.05, 3.63) is 0 Å². The van der Waals surface area contributed by atoms with Gasteiger partial charge < -0.3 is 9.64 Å². The van der Waals surface area contributed by atoms with Gasteiger partial charge >= 0.3 is 0 Å². The van der Waals surface area contributed by atoms with Gasteiger partial charge in [-0.05, 0) is 31.8 Å². The van der Waals surface area contributed by atoms with Gasteiger partial charge in [0.25, 0.3) is 0 Å². The second-order valence-corrected chi connectivity index (χ2v) is 4.10. The molecule has 1 rings (SSSR count). The molecule has 80 valence electrons. The fourth-order valence-corrected chi connectivity index (χ4v) is 1.99. The Bertz CT molecular complexity index is 200. The number of unbranched alkanes of at least 4 members (excludes halogenated alkanes) is 1. The van der Waals surface area contributed by atoms with Crippen LogP contribution in [0.25, 0.3) is 0 Å². The monoisotopic (exact) mass is 196 g/mol. The summed E-state index contributed by atoms with van der Waals surface area (Å²) in [5, 5.41) is 8.44. The number of nitrogens with zero attached hydrogens (tertiary/aromatic N) is 2. The molecule has 2 atom stereocenters. The summed E-state index contributed by atoms with van der Waals surface area (Å²) in [5.41, 5.74) is 0. The van der Waals surface area contributed by atoms with Crippen molar-refractivity contribution in [1.82, 2.24) is 4.90 Å². The van der Waals surface area contributed by atoms with Gasteiger partial charge in [0.1, 0.15) is 0 Å². The first kappa shape index (κ1) is 11.5. The Morgan fingerprint density at radius 2 is 2.36 bits per heavy atom. The van der Waals surface area contributed by atoms with Crippen LogP contribution < -0.4 is 0 Å². The van der Waals surface area contributed by atoms with Gasteiger partial charge in [-0.3, -0.25) is 0 Å². The van der Waals surface area contributed by atoms with E-state index in [9.17, 15) is 0 Å². The number of ether oxygens (including phenoxy) is 1. The second kappa shape index (κ2) is 6.00. The van der Waals surface area contributed by atoms with Crippen LogP contribution in [-0.2, 0) is 4.74 Å². The third kappa shape index (κ3) is 3.28. The second-order valence-electron chi connectivity index (χ2n) is 4.10. The Morgan fingerprint density at radius 3 is 3.00 bits per heavy atom. The molecule has 1 aliphatic heterocycles. The number of nitriles is 1. The molecule has 1 aliphatic rings. The van der Waals surface area contributed by atoms with Gasteiger partial charge in [0, 0.05) is 20.1 Å². The quantitative estimate of drug-likeness (QED) is 0.641. The third-order valence-corrected chi connectivity index (χ3v) is 3.04. The van der Waals surface area contributed by atoms with Crippen molar-refractivity contribution in [3.8, 4) is 6.07 Å². The molecule has 3 nitrogen and oxygen atoms in total. The van der Waals surface area contributed by atoms with Crippen molar-refractivity contribution < 1.29 is 4.74 Å². The molecule has 3 heteroatoms. The molecule has 0 aromatic carbocycles. The van der Waals surface area contributed by atoms with Crippen molar-refractivity contribution in [2.45, 2.75) is 32.3 Å². The SMILES string of the molecule is COC1CN(CCCC#N)CCC1C. The van der Waals surface area contributed by atoms with Crippen LogP contribution in [0.1, 0.15) is 26.2 Å². The van der Waals surface area contributed by atoms with Crippen molar-refractivity contribution in [2.75, 3.05) is 26.7 Å². The molecule has 1 heterocycles. The molecule has 0 amide bonds. The van der Waals surface area contributed by atoms with Gasteiger partial charge in [-0.25, -0.2) is 0 Å². The Morgan fingerprint density at radius 1 is 1.57 bits per heavy atom. The van der Waals surface area contributed by atoms with Crippen molar-refractivity contribution in [3.63, 3.8) is 0 Å². The molecular weight excluding hydrogens is 176 g/mol. The normalized spacial score (nSPS) is 28.6. The summed E-state index contributed by atoms with van der Waals surface area (Å²) in [6.07, 6.45) is 3.25. The number of likely N-dealkylation sites (tertiary alicyclic amines) is 1. The van der Waals surface area contributed by atoms with E-state index in [2.05, 4.69) is 17.9 Å². The number of hydrogen-bond donors (Lipinski definition) is 0. The zero-order chi connectivity index (χ0) is 10.4. The highest BCUT2D eigenvalue weighted by molar-refractivity contribution is 4.79. The van der Waals surface area contributed by atoms with E-state index in [-0.39, 0.29) is 0 Å². The average molecular weight is 196 g/mol. The summed E-state index contributed by atoms with van der Waals surface area (Å²) >= 11 is 0. The smallest absolute Gasteiger partial charge is 0.0724 e. The van der Waals surface area contributed by atoms with Crippen LogP contribution in [0, 0.1) is 17.2 Å². The van der Waals surface area contributed by atoms with E-state index >= 15 is 0 Å². The number of methoxy groups -OCH3 is 1. The van der Waals surface area contributed by atoms with Crippen LogP contribution in [0.4, 0.5) is 0 Å². The highest BCUT2D eigenvalue weighted by Gasteiger charge is 2.25. The molecule has 0 aliphatic carbocycles. The van der Waals surface area contributed by atoms with Gasteiger partial charge in [-0.1, -0.05) is 6.92 Å². The minimum absolute atomic E-state index is 0.380. The Hall–Kier alpha value is -0.590. The van der Waals surface area contributed by atoms with E-state index in [1.807, 2.05) is 0 Å². The maximum Gasteiger partial charge on any atom is 0.0724 e. The van der Waals surface area contributed by atoms with E-state index in [4.69, 9.17) is 10.00 Å². The summed E-state index contributed by atoms with van der Waals surface area (Å²) in [5.74, 6) is 0.673. The van der Waals surface area contributed by atoms with Crippen LogP contribution in [0.3, 0.4) is 0 Å². The van der Waals surface area contributed by atoms with E-state index < -0.39 is 0 Å². The van der Waals surface area contributed by atoms with Crippen LogP contribution in [-0.4, -0.2) is 37.7 Å². The van der Waals surface area contributed by atoms with Gasteiger partial charge in [0.05, 0.1) is 12.2 Å². The van der Waals surface area contributed by atoms with Crippen LogP contribution >= 0.6 is 0 Å². The molecule has 0 saturated carbocycles. The lowest BCUT2D eigenvalue weighted by Crippen LogP contribution is -2.44. The molecule has 2 unspecified atom stereocenters. The predicted octanol–water partition coefficient (Wildman–Crippen LogP) is 1.65. The number of hydrogen-bond acceptors (Lipinski definition) is 3. The molecule has 1 saturated heterocycles. The van der Waals surface area contributed by atoms with E-state index in [0.717, 1.165) is 26.1 Å². The molecule has 0 aromatic rings. The molecule has 0 N–H and O–H groups in total. The standard InChI is InChI=1S/C11H20N2O/c1-10-5-8-13(7-4-3-6-12)9-11(10)14-2/h10-11H,3-5,7-9H2,1-2H3. The zero-order valence-electron chi connectivity index (χ0n) is 9.20. The summed E-state index contributed by atoms with van der Waals surface area (Å²) in [6, 6.07) is 2.18. The van der Waals surface area contributed by atoms with E-state index in [1.165, 1.54) is 6.42 Å². The topological polar surface area (TPSA) is 36.3 Å². The van der Waals surface area contributed by atoms with Crippen LogP contribution in [0.2, 0.25) is 0 Å². The summed E-state index contributed by atoms with van der Waals surface area (Å²) in [6.45, 7) is 5.48. The van der Waals surface area contributed by atoms with Gasteiger partial charge in [-0.2, -0.15) is 5.26 Å². The van der Waals surface area contributed by atoms with Crippen molar-refractivity contribution >= 4 is 0 Å². The third-order valence-electron chi connectivity index (χ3n) is 3.04. The minimum Gasteiger partial charge on any atom is -0.380 e. The minimum atomic E-state index is 0.380. The molecule has 0 radical (unpaired) electrons. The lowest BCUT2D eigenvalue weighted by atomic mass is 9.96. The fraction of sp³-hybridized carbons (Fsp3) is 0.909. The van der Waals surface area contributed by atoms with Crippen LogP contribution in [0.15, 0.2) is 0 Å². The molecular formula is C11H20N2O. The van der Waals surface area contributed by atoms with Crippen molar-refractivity contribution in [1.29, 1.82) is 5.26 Å². The molecule has 0 spiro atoms. The highest BCUT2D eigenvalue weighted by atomic mass is 16.5. The lowest BCUT2D eigenvalue weighted by Gasteiger charge is -2.36. The largest absolute Gasteiger partial charge is 0.380 e. The van der Waals surface area contributed by atoms with E-state index in [1.54, 1.807) is 7.11 Å². The number of rotatable bonds is 4. The summed E-state index contributed by atoms with van der Waals surface area (Å²) in [4.78, 5) is 2.41. The first-order chi connectivity index (χ1) is 6.77. The lowest BCUT2D eigenvalue weighted by molar-refractivity contribution is -0.00499. The molecule has 14 heavy (non-hydrogen) atoms. The van der Waals surface area contributed by atoms with Crippen molar-refractivity contribution in [2.24, 2.45) is 5.92 Å². The van der Waals surface area contributed by atoms with Gasteiger partial charge in [0.15, 0.2) is 0 Å². The summed E-state index contributed by atoms with van der Waals surface area (Å²) < 4.78 is 5.43. The molecule has 0 bridgehead atoms. The Balaban J connectivity index is 2.25. The zero-order valence-corrected chi connectivity index (χ0v) is 9.20. The van der Waals surface area contributed by atoms with Gasteiger partial charge in [0.2, 0.25) is 0 Å². The molecule has 0 aromatic heterocycles. The Kier molecular flexibility index (Phi) is 4.92. The fourth-order valence-electron chi connectivity index (χ4n) is 1.99. The first-order valence-corrected chi connectivity index (χ1v) is 5.40. The maximum absolute atomic E-state index is 8.44. The molecule has 1 fully saturated rings. The summed E-state index contributed by atoms with van der Waals surface area (Å²) in [7, 11) is 1.79. The first-order valence-electron chi connectivity index (χ1n) is 5.40. The predicted molar refractivity (Wildman–Crippen MR) is 55.9 cm³/mol.